The molecule has 1 aliphatic rings. The van der Waals surface area contributed by atoms with Crippen LogP contribution in [0.15, 0.2) is 30.9 Å². The fourth-order valence-corrected chi connectivity index (χ4v) is 4.09. The number of rotatable bonds is 6. The first-order valence-electron chi connectivity index (χ1n) is 10.5. The molecule has 1 saturated carbocycles. The molecule has 0 atom stereocenters. The highest BCUT2D eigenvalue weighted by Gasteiger charge is 2.24. The summed E-state index contributed by atoms with van der Waals surface area (Å²) in [6.45, 7) is 4.07. The highest BCUT2D eigenvalue weighted by molar-refractivity contribution is 6.30. The predicted octanol–water partition coefficient (Wildman–Crippen LogP) is 3.95. The molecule has 0 aliphatic heterocycles. The van der Waals surface area contributed by atoms with Crippen molar-refractivity contribution in [1.29, 1.82) is 0 Å². The number of aromatic nitrogens is 4. The van der Waals surface area contributed by atoms with E-state index in [1.807, 2.05) is 19.9 Å². The molecule has 3 heterocycles. The van der Waals surface area contributed by atoms with Gasteiger partial charge in [-0.3, -0.25) is 9.78 Å². The van der Waals surface area contributed by atoms with Crippen molar-refractivity contribution in [2.75, 3.05) is 12.4 Å². The standard InChI is InChI=1S/C22H27ClN6O2/c1-13(2)27-20-8-19(17-11-26-29-12-14(23)9-25-21(17)29)24-10-18(20)22(30)28-15-4-6-16(31-3)7-5-15/h8-13,15-16H,4-7H2,1-3H3,(H,24,27)(H,28,30)/t15-,16-. The molecule has 2 N–H and O–H groups in total. The van der Waals surface area contributed by atoms with Crippen LogP contribution in [0.5, 0.6) is 0 Å². The molecule has 0 bridgehead atoms. The number of pyridine rings is 1. The average molecular weight is 443 g/mol. The zero-order valence-electron chi connectivity index (χ0n) is 17.9. The van der Waals surface area contributed by atoms with Crippen molar-refractivity contribution < 1.29 is 9.53 Å². The summed E-state index contributed by atoms with van der Waals surface area (Å²) in [5, 5.41) is 11.4. The first-order chi connectivity index (χ1) is 14.9. The van der Waals surface area contributed by atoms with Crippen LogP contribution in [0.3, 0.4) is 0 Å². The summed E-state index contributed by atoms with van der Waals surface area (Å²) in [4.78, 5) is 22.0. The maximum absolute atomic E-state index is 13.0. The zero-order valence-corrected chi connectivity index (χ0v) is 18.7. The Kier molecular flexibility index (Phi) is 6.38. The maximum atomic E-state index is 13.0. The number of amides is 1. The third-order valence-corrected chi connectivity index (χ3v) is 5.73. The SMILES string of the molecule is CO[C@H]1CC[C@H](NC(=O)c2cnc(-c3cnn4cc(Cl)cnc34)cc2NC(C)C)CC1. The summed E-state index contributed by atoms with van der Waals surface area (Å²) in [5.74, 6) is -0.118. The lowest BCUT2D eigenvalue weighted by Crippen LogP contribution is -2.39. The summed E-state index contributed by atoms with van der Waals surface area (Å²) >= 11 is 6.01. The van der Waals surface area contributed by atoms with Crippen LogP contribution in [0.2, 0.25) is 5.02 Å². The van der Waals surface area contributed by atoms with E-state index >= 15 is 0 Å². The number of carbonyl (C=O) groups is 1. The van der Waals surface area contributed by atoms with Gasteiger partial charge in [-0.05, 0) is 45.6 Å². The first kappa shape index (κ1) is 21.5. The van der Waals surface area contributed by atoms with Crippen LogP contribution in [0, 0.1) is 0 Å². The van der Waals surface area contributed by atoms with Crippen molar-refractivity contribution in [1.82, 2.24) is 24.9 Å². The monoisotopic (exact) mass is 442 g/mol. The lowest BCUT2D eigenvalue weighted by atomic mass is 9.92. The van der Waals surface area contributed by atoms with Crippen LogP contribution >= 0.6 is 11.6 Å². The predicted molar refractivity (Wildman–Crippen MR) is 121 cm³/mol. The minimum absolute atomic E-state index is 0.118. The number of carbonyl (C=O) groups excluding carboxylic acids is 1. The summed E-state index contributed by atoms with van der Waals surface area (Å²) in [6.07, 6.45) is 10.6. The molecule has 1 fully saturated rings. The second-order valence-corrected chi connectivity index (χ2v) is 8.63. The van der Waals surface area contributed by atoms with Crippen molar-refractivity contribution in [2.45, 2.75) is 57.7 Å². The molecule has 31 heavy (non-hydrogen) atoms. The molecule has 0 unspecified atom stereocenters. The number of ether oxygens (including phenoxy) is 1. The Balaban J connectivity index is 1.60. The highest BCUT2D eigenvalue weighted by Crippen LogP contribution is 2.28. The maximum Gasteiger partial charge on any atom is 0.255 e. The topological polar surface area (TPSA) is 93.4 Å². The Morgan fingerprint density at radius 1 is 1.19 bits per heavy atom. The molecule has 0 radical (unpaired) electrons. The van der Waals surface area contributed by atoms with Gasteiger partial charge in [0.2, 0.25) is 0 Å². The van der Waals surface area contributed by atoms with E-state index in [0.29, 0.717) is 28.0 Å². The Morgan fingerprint density at radius 3 is 2.68 bits per heavy atom. The van der Waals surface area contributed by atoms with Crippen LogP contribution in [0.25, 0.3) is 16.9 Å². The Morgan fingerprint density at radius 2 is 1.97 bits per heavy atom. The molecule has 3 aromatic heterocycles. The Hall–Kier alpha value is -2.71. The summed E-state index contributed by atoms with van der Waals surface area (Å²) < 4.78 is 7.04. The molecular formula is C22H27ClN6O2. The van der Waals surface area contributed by atoms with Gasteiger partial charge in [0.05, 0.1) is 46.0 Å². The van der Waals surface area contributed by atoms with Gasteiger partial charge in [-0.2, -0.15) is 5.10 Å². The Bertz CT molecular complexity index is 1080. The molecule has 0 saturated heterocycles. The van der Waals surface area contributed by atoms with Gasteiger partial charge in [0.25, 0.3) is 5.91 Å². The van der Waals surface area contributed by atoms with Gasteiger partial charge in [-0.1, -0.05) is 11.6 Å². The molecule has 9 heteroatoms. The van der Waals surface area contributed by atoms with Crippen molar-refractivity contribution in [3.05, 3.63) is 41.4 Å². The zero-order chi connectivity index (χ0) is 22.0. The minimum Gasteiger partial charge on any atom is -0.382 e. The normalized spacial score (nSPS) is 19.0. The fourth-order valence-electron chi connectivity index (χ4n) is 3.95. The van der Waals surface area contributed by atoms with E-state index in [1.165, 1.54) is 0 Å². The lowest BCUT2D eigenvalue weighted by Gasteiger charge is -2.28. The van der Waals surface area contributed by atoms with Crippen molar-refractivity contribution in [3.63, 3.8) is 0 Å². The van der Waals surface area contributed by atoms with Crippen LogP contribution in [-0.4, -0.2) is 50.8 Å². The second kappa shape index (κ2) is 9.20. The van der Waals surface area contributed by atoms with Crippen molar-refractivity contribution >= 4 is 28.8 Å². The van der Waals surface area contributed by atoms with E-state index < -0.39 is 0 Å². The third kappa shape index (κ3) is 4.80. The number of anilines is 1. The quantitative estimate of drug-likeness (QED) is 0.600. The summed E-state index contributed by atoms with van der Waals surface area (Å²) in [7, 11) is 1.74. The van der Waals surface area contributed by atoms with E-state index in [9.17, 15) is 4.79 Å². The second-order valence-electron chi connectivity index (χ2n) is 8.20. The molecular weight excluding hydrogens is 416 g/mol. The molecule has 164 valence electrons. The molecule has 0 aromatic carbocycles. The highest BCUT2D eigenvalue weighted by atomic mass is 35.5. The smallest absolute Gasteiger partial charge is 0.255 e. The number of halogens is 1. The van der Waals surface area contributed by atoms with Gasteiger partial charge in [-0.15, -0.1) is 0 Å². The lowest BCUT2D eigenvalue weighted by molar-refractivity contribution is 0.0599. The number of methoxy groups -OCH3 is 1. The molecule has 0 spiro atoms. The molecule has 4 rings (SSSR count). The van der Waals surface area contributed by atoms with Crippen LogP contribution in [-0.2, 0) is 4.74 Å². The van der Waals surface area contributed by atoms with E-state index in [4.69, 9.17) is 16.3 Å². The number of nitrogens with one attached hydrogen (secondary N) is 2. The van der Waals surface area contributed by atoms with Gasteiger partial charge in [0, 0.05) is 31.6 Å². The first-order valence-corrected chi connectivity index (χ1v) is 10.9. The third-order valence-electron chi connectivity index (χ3n) is 5.54. The van der Waals surface area contributed by atoms with E-state index in [0.717, 1.165) is 36.9 Å². The molecule has 1 aliphatic carbocycles. The molecule has 3 aromatic rings. The van der Waals surface area contributed by atoms with Crippen molar-refractivity contribution in [2.24, 2.45) is 0 Å². The van der Waals surface area contributed by atoms with E-state index in [1.54, 1.807) is 36.4 Å². The Labute approximate surface area is 186 Å². The van der Waals surface area contributed by atoms with E-state index in [2.05, 4.69) is 25.7 Å². The molecule has 1 amide bonds. The number of nitrogens with zero attached hydrogens (tertiary/aromatic N) is 4. The number of hydrogen-bond donors (Lipinski definition) is 2. The minimum atomic E-state index is -0.118. The molecule has 8 nitrogen and oxygen atoms in total. The summed E-state index contributed by atoms with van der Waals surface area (Å²) in [6, 6.07) is 2.18. The van der Waals surface area contributed by atoms with Gasteiger partial charge in [-0.25, -0.2) is 9.50 Å². The van der Waals surface area contributed by atoms with Gasteiger partial charge in [0.15, 0.2) is 5.65 Å². The van der Waals surface area contributed by atoms with Crippen LogP contribution < -0.4 is 10.6 Å². The van der Waals surface area contributed by atoms with Gasteiger partial charge < -0.3 is 15.4 Å². The number of hydrogen-bond acceptors (Lipinski definition) is 6. The van der Waals surface area contributed by atoms with E-state index in [-0.39, 0.29) is 18.0 Å². The van der Waals surface area contributed by atoms with Crippen LogP contribution in [0.4, 0.5) is 5.69 Å². The van der Waals surface area contributed by atoms with Gasteiger partial charge >= 0.3 is 0 Å². The largest absolute Gasteiger partial charge is 0.382 e. The van der Waals surface area contributed by atoms with Crippen LogP contribution in [0.1, 0.15) is 49.9 Å². The fraction of sp³-hybridized carbons (Fsp3) is 0.455. The summed E-state index contributed by atoms with van der Waals surface area (Å²) in [5.41, 5.74) is 3.37. The van der Waals surface area contributed by atoms with Crippen molar-refractivity contribution in [3.8, 4) is 11.3 Å². The van der Waals surface area contributed by atoms with Gasteiger partial charge in [0.1, 0.15) is 0 Å². The average Bonchev–Trinajstić information content (AvgIpc) is 3.16. The number of fused-ring (bicyclic) bond motifs is 1.